The van der Waals surface area contributed by atoms with Crippen LogP contribution in [0.1, 0.15) is 32.6 Å². The van der Waals surface area contributed by atoms with Crippen LogP contribution in [0.4, 0.5) is 13.2 Å². The number of nitrogens with zero attached hydrogens (tertiary/aromatic N) is 1. The third-order valence-electron chi connectivity index (χ3n) is 3.02. The predicted molar refractivity (Wildman–Crippen MR) is 58.4 cm³/mol. The summed E-state index contributed by atoms with van der Waals surface area (Å²) < 4.78 is 36.9. The summed E-state index contributed by atoms with van der Waals surface area (Å²) in [5, 5.41) is 3.09. The first-order valence-electron chi connectivity index (χ1n) is 5.90. The molecule has 0 aliphatic heterocycles. The maximum Gasteiger partial charge on any atom is 0.401 e. The molecular formula is C11H21F3N2. The first kappa shape index (κ1) is 13.8. The van der Waals surface area contributed by atoms with Gasteiger partial charge in [-0.05, 0) is 46.2 Å². The Hall–Kier alpha value is -0.290. The van der Waals surface area contributed by atoms with E-state index in [0.717, 1.165) is 25.7 Å². The molecule has 0 bridgehead atoms. The van der Waals surface area contributed by atoms with E-state index in [2.05, 4.69) is 5.32 Å². The Bertz CT molecular complexity index is 202. The van der Waals surface area contributed by atoms with Crippen molar-refractivity contribution < 1.29 is 13.2 Å². The van der Waals surface area contributed by atoms with Gasteiger partial charge in [0.1, 0.15) is 0 Å². The number of hydrogen-bond acceptors (Lipinski definition) is 2. The highest BCUT2D eigenvalue weighted by Gasteiger charge is 2.37. The molecule has 96 valence electrons. The zero-order valence-electron chi connectivity index (χ0n) is 9.98. The van der Waals surface area contributed by atoms with Crippen LogP contribution in [-0.2, 0) is 0 Å². The zero-order chi connectivity index (χ0) is 12.2. The van der Waals surface area contributed by atoms with Crippen LogP contribution in [-0.4, -0.2) is 43.3 Å². The van der Waals surface area contributed by atoms with Crippen molar-refractivity contribution in [3.8, 4) is 0 Å². The topological polar surface area (TPSA) is 15.3 Å². The monoisotopic (exact) mass is 238 g/mol. The summed E-state index contributed by atoms with van der Waals surface area (Å²) in [4.78, 5) is 1.59. The molecule has 0 aromatic carbocycles. The van der Waals surface area contributed by atoms with Gasteiger partial charge in [0.15, 0.2) is 0 Å². The van der Waals surface area contributed by atoms with Crippen LogP contribution in [0, 0.1) is 0 Å². The normalized spacial score (nSPS) is 19.1. The first-order chi connectivity index (χ1) is 7.42. The van der Waals surface area contributed by atoms with E-state index in [-0.39, 0.29) is 6.04 Å². The third-order valence-corrected chi connectivity index (χ3v) is 3.02. The molecule has 0 saturated heterocycles. The lowest BCUT2D eigenvalue weighted by Gasteiger charge is -2.23. The molecule has 2 nitrogen and oxygen atoms in total. The lowest BCUT2D eigenvalue weighted by Crippen LogP contribution is -2.37. The highest BCUT2D eigenvalue weighted by atomic mass is 19.4. The Kier molecular flexibility index (Phi) is 5.05. The molecule has 0 heterocycles. The molecule has 16 heavy (non-hydrogen) atoms. The minimum absolute atomic E-state index is 0.187. The first-order valence-corrected chi connectivity index (χ1v) is 5.90. The summed E-state index contributed by atoms with van der Waals surface area (Å²) >= 11 is 0. The maximum absolute atomic E-state index is 12.3. The number of nitrogens with one attached hydrogen (secondary N) is 1. The summed E-state index contributed by atoms with van der Waals surface area (Å²) in [6.45, 7) is 1.87. The van der Waals surface area contributed by atoms with Crippen LogP contribution in [0.25, 0.3) is 0 Å². The van der Waals surface area contributed by atoms with Crippen LogP contribution in [0.2, 0.25) is 0 Å². The highest BCUT2D eigenvalue weighted by Crippen LogP contribution is 2.30. The molecule has 1 N–H and O–H groups in total. The molecule has 1 unspecified atom stereocenters. The van der Waals surface area contributed by atoms with Crippen LogP contribution < -0.4 is 5.32 Å². The Balaban J connectivity index is 2.23. The lowest BCUT2D eigenvalue weighted by molar-refractivity contribution is -0.147. The fourth-order valence-corrected chi connectivity index (χ4v) is 1.81. The van der Waals surface area contributed by atoms with Crippen LogP contribution in [0.3, 0.4) is 0 Å². The smallest absolute Gasteiger partial charge is 0.317 e. The zero-order valence-corrected chi connectivity index (χ0v) is 9.98. The van der Waals surface area contributed by atoms with E-state index >= 15 is 0 Å². The van der Waals surface area contributed by atoms with E-state index in [1.54, 1.807) is 4.90 Å². The van der Waals surface area contributed by atoms with Gasteiger partial charge < -0.3 is 5.32 Å². The maximum atomic E-state index is 12.3. The lowest BCUT2D eigenvalue weighted by atomic mass is 10.2. The van der Waals surface area contributed by atoms with Gasteiger partial charge in [0.2, 0.25) is 0 Å². The molecule has 0 spiro atoms. The van der Waals surface area contributed by atoms with Crippen molar-refractivity contribution in [2.45, 2.75) is 50.9 Å². The Morgan fingerprint density at radius 1 is 1.38 bits per heavy atom. The van der Waals surface area contributed by atoms with Gasteiger partial charge in [0.25, 0.3) is 0 Å². The molecule has 0 radical (unpaired) electrons. The second-order valence-electron chi connectivity index (χ2n) is 4.65. The van der Waals surface area contributed by atoms with Crippen molar-refractivity contribution in [2.24, 2.45) is 0 Å². The van der Waals surface area contributed by atoms with Gasteiger partial charge in [-0.3, -0.25) is 4.90 Å². The summed E-state index contributed by atoms with van der Waals surface area (Å²) in [7, 11) is 1.87. The molecule has 1 atom stereocenters. The second-order valence-corrected chi connectivity index (χ2v) is 4.65. The van der Waals surface area contributed by atoms with Gasteiger partial charge in [0.05, 0.1) is 6.54 Å². The summed E-state index contributed by atoms with van der Waals surface area (Å²) in [5.41, 5.74) is 0. The van der Waals surface area contributed by atoms with E-state index in [9.17, 15) is 13.2 Å². The minimum atomic E-state index is -4.06. The molecule has 0 amide bonds. The van der Waals surface area contributed by atoms with E-state index in [0.29, 0.717) is 12.6 Å². The SMILES string of the molecule is CNC(C)CCCN(CC(F)(F)F)C1CC1. The van der Waals surface area contributed by atoms with Gasteiger partial charge in [0, 0.05) is 12.1 Å². The second kappa shape index (κ2) is 5.87. The molecule has 0 aromatic heterocycles. The largest absolute Gasteiger partial charge is 0.401 e. The van der Waals surface area contributed by atoms with Crippen molar-refractivity contribution in [3.05, 3.63) is 0 Å². The number of hydrogen-bond donors (Lipinski definition) is 1. The molecule has 1 saturated carbocycles. The molecule has 1 rings (SSSR count). The third kappa shape index (κ3) is 5.70. The van der Waals surface area contributed by atoms with Gasteiger partial charge in [-0.15, -0.1) is 0 Å². The fraction of sp³-hybridized carbons (Fsp3) is 1.00. The van der Waals surface area contributed by atoms with Crippen molar-refractivity contribution >= 4 is 0 Å². The van der Waals surface area contributed by atoms with Crippen molar-refractivity contribution in [3.63, 3.8) is 0 Å². The Labute approximate surface area is 95.2 Å². The van der Waals surface area contributed by atoms with Crippen molar-refractivity contribution in [1.29, 1.82) is 0 Å². The van der Waals surface area contributed by atoms with Crippen LogP contribution in [0.15, 0.2) is 0 Å². The molecule has 5 heteroatoms. The molecular weight excluding hydrogens is 217 g/mol. The predicted octanol–water partition coefficient (Wildman–Crippen LogP) is 2.40. The summed E-state index contributed by atoms with van der Waals surface area (Å²) in [6, 6.07) is 0.568. The summed E-state index contributed by atoms with van der Waals surface area (Å²) in [5.74, 6) is 0. The average Bonchev–Trinajstić information content (AvgIpc) is 2.97. The summed E-state index contributed by atoms with van der Waals surface area (Å²) in [6.07, 6.45) is -0.446. The van der Waals surface area contributed by atoms with Gasteiger partial charge in [-0.1, -0.05) is 0 Å². The molecule has 0 aromatic rings. The van der Waals surface area contributed by atoms with Crippen LogP contribution >= 0.6 is 0 Å². The number of halogens is 3. The fourth-order valence-electron chi connectivity index (χ4n) is 1.81. The van der Waals surface area contributed by atoms with Crippen molar-refractivity contribution in [2.75, 3.05) is 20.1 Å². The van der Waals surface area contributed by atoms with E-state index in [1.807, 2.05) is 14.0 Å². The molecule has 1 aliphatic rings. The van der Waals surface area contributed by atoms with E-state index in [4.69, 9.17) is 0 Å². The quantitative estimate of drug-likeness (QED) is 0.732. The average molecular weight is 238 g/mol. The molecule has 1 aliphatic carbocycles. The molecule has 1 fully saturated rings. The van der Waals surface area contributed by atoms with Crippen molar-refractivity contribution in [1.82, 2.24) is 10.2 Å². The van der Waals surface area contributed by atoms with Gasteiger partial charge in [-0.25, -0.2) is 0 Å². The Morgan fingerprint density at radius 3 is 2.44 bits per heavy atom. The van der Waals surface area contributed by atoms with Gasteiger partial charge in [-0.2, -0.15) is 13.2 Å². The standard InChI is InChI=1S/C11H21F3N2/c1-9(15-2)4-3-7-16(10-5-6-10)8-11(12,13)14/h9-10,15H,3-8H2,1-2H3. The highest BCUT2D eigenvalue weighted by molar-refractivity contribution is 4.85. The van der Waals surface area contributed by atoms with E-state index in [1.165, 1.54) is 0 Å². The Morgan fingerprint density at radius 2 is 2.00 bits per heavy atom. The minimum Gasteiger partial charge on any atom is -0.317 e. The van der Waals surface area contributed by atoms with Gasteiger partial charge >= 0.3 is 6.18 Å². The number of rotatable bonds is 7. The van der Waals surface area contributed by atoms with E-state index < -0.39 is 12.7 Å². The number of alkyl halides is 3. The van der Waals surface area contributed by atoms with Crippen LogP contribution in [0.5, 0.6) is 0 Å².